The van der Waals surface area contributed by atoms with Crippen LogP contribution in [0.3, 0.4) is 0 Å². The summed E-state index contributed by atoms with van der Waals surface area (Å²) in [5.74, 6) is -1.97. The van der Waals surface area contributed by atoms with Crippen molar-refractivity contribution in [1.82, 2.24) is 0 Å². The number of aryl methyl sites for hydroxylation is 1. The molecule has 0 saturated heterocycles. The van der Waals surface area contributed by atoms with E-state index in [4.69, 9.17) is 5.11 Å². The SMILES string of the molecule is CCc1ccc(NC(=O)Nc2ccc(-c3ccc(C(=O)[C@@H]4C[C@H]4C(=O)O)cc3)cc2)cc1. The van der Waals surface area contributed by atoms with Gasteiger partial charge in [0, 0.05) is 22.9 Å². The maximum absolute atomic E-state index is 12.4. The third kappa shape index (κ3) is 4.86. The molecule has 1 fully saturated rings. The smallest absolute Gasteiger partial charge is 0.323 e. The van der Waals surface area contributed by atoms with Gasteiger partial charge in [0.25, 0.3) is 0 Å². The molecule has 6 nitrogen and oxygen atoms in total. The molecular weight excluding hydrogens is 404 g/mol. The average Bonchev–Trinajstić information content (AvgIpc) is 3.61. The van der Waals surface area contributed by atoms with E-state index in [0.717, 1.165) is 23.2 Å². The minimum Gasteiger partial charge on any atom is -0.481 e. The van der Waals surface area contributed by atoms with Gasteiger partial charge in [-0.15, -0.1) is 0 Å². The average molecular weight is 428 g/mol. The molecular formula is C26H24N2O4. The van der Waals surface area contributed by atoms with E-state index in [0.29, 0.717) is 17.7 Å². The van der Waals surface area contributed by atoms with E-state index in [1.807, 2.05) is 60.7 Å². The largest absolute Gasteiger partial charge is 0.481 e. The minimum absolute atomic E-state index is 0.112. The monoisotopic (exact) mass is 428 g/mol. The molecule has 162 valence electrons. The predicted molar refractivity (Wildman–Crippen MR) is 124 cm³/mol. The van der Waals surface area contributed by atoms with Crippen molar-refractivity contribution < 1.29 is 19.5 Å². The summed E-state index contributed by atoms with van der Waals surface area (Å²) in [7, 11) is 0. The highest BCUT2D eigenvalue weighted by molar-refractivity contribution is 6.03. The third-order valence-corrected chi connectivity index (χ3v) is 5.71. The molecule has 2 atom stereocenters. The lowest BCUT2D eigenvalue weighted by atomic mass is 10.0. The Morgan fingerprint density at radius 1 is 0.781 bits per heavy atom. The number of anilines is 2. The van der Waals surface area contributed by atoms with Crippen LogP contribution in [0.15, 0.2) is 72.8 Å². The Balaban J connectivity index is 1.35. The molecule has 3 aromatic carbocycles. The van der Waals surface area contributed by atoms with Gasteiger partial charge in [-0.2, -0.15) is 0 Å². The van der Waals surface area contributed by atoms with Crippen LogP contribution in [-0.2, 0) is 11.2 Å². The van der Waals surface area contributed by atoms with Crippen molar-refractivity contribution in [2.45, 2.75) is 19.8 Å². The fourth-order valence-corrected chi connectivity index (χ4v) is 3.66. The summed E-state index contributed by atoms with van der Waals surface area (Å²) in [5, 5.41) is 14.6. The molecule has 2 amide bonds. The zero-order valence-electron chi connectivity index (χ0n) is 17.7. The number of urea groups is 1. The van der Waals surface area contributed by atoms with Crippen molar-refractivity contribution in [3.05, 3.63) is 83.9 Å². The molecule has 0 radical (unpaired) electrons. The zero-order valence-corrected chi connectivity index (χ0v) is 17.7. The van der Waals surface area contributed by atoms with Crippen molar-refractivity contribution in [3.8, 4) is 11.1 Å². The van der Waals surface area contributed by atoms with E-state index < -0.39 is 17.8 Å². The topological polar surface area (TPSA) is 95.5 Å². The number of carbonyl (C=O) groups excluding carboxylic acids is 2. The first-order valence-electron chi connectivity index (χ1n) is 10.6. The van der Waals surface area contributed by atoms with Crippen molar-refractivity contribution in [2.24, 2.45) is 11.8 Å². The van der Waals surface area contributed by atoms with E-state index in [2.05, 4.69) is 17.6 Å². The van der Waals surface area contributed by atoms with Gasteiger partial charge in [0.05, 0.1) is 5.92 Å². The van der Waals surface area contributed by atoms with Gasteiger partial charge in [-0.3, -0.25) is 9.59 Å². The number of hydrogen-bond acceptors (Lipinski definition) is 3. The second-order valence-corrected chi connectivity index (χ2v) is 7.94. The molecule has 0 aromatic heterocycles. The normalized spacial score (nSPS) is 16.8. The third-order valence-electron chi connectivity index (χ3n) is 5.71. The first-order chi connectivity index (χ1) is 15.4. The number of amides is 2. The number of benzene rings is 3. The van der Waals surface area contributed by atoms with E-state index in [9.17, 15) is 14.4 Å². The number of carboxylic acids is 1. The predicted octanol–water partition coefficient (Wildman–Crippen LogP) is 5.46. The summed E-state index contributed by atoms with van der Waals surface area (Å²) >= 11 is 0. The number of Topliss-reactive ketones (excluding diaryl/α,β-unsaturated/α-hetero) is 1. The molecule has 0 unspecified atom stereocenters. The van der Waals surface area contributed by atoms with Gasteiger partial charge in [0.15, 0.2) is 5.78 Å². The fraction of sp³-hybridized carbons (Fsp3) is 0.192. The number of carboxylic acid groups (broad SMARTS) is 1. The van der Waals surface area contributed by atoms with Crippen molar-refractivity contribution >= 4 is 29.2 Å². The van der Waals surface area contributed by atoms with E-state index >= 15 is 0 Å². The highest BCUT2D eigenvalue weighted by atomic mass is 16.4. The molecule has 0 spiro atoms. The van der Waals surface area contributed by atoms with E-state index in [1.165, 1.54) is 5.56 Å². The Morgan fingerprint density at radius 3 is 1.75 bits per heavy atom. The molecule has 6 heteroatoms. The lowest BCUT2D eigenvalue weighted by Crippen LogP contribution is -2.19. The maximum Gasteiger partial charge on any atom is 0.323 e. The Morgan fingerprint density at radius 2 is 1.28 bits per heavy atom. The van der Waals surface area contributed by atoms with E-state index in [1.54, 1.807) is 12.1 Å². The van der Waals surface area contributed by atoms with Crippen molar-refractivity contribution in [1.29, 1.82) is 0 Å². The molecule has 0 heterocycles. The quantitative estimate of drug-likeness (QED) is 0.435. The fourth-order valence-electron chi connectivity index (χ4n) is 3.66. The first-order valence-corrected chi connectivity index (χ1v) is 10.6. The molecule has 1 saturated carbocycles. The van der Waals surface area contributed by atoms with Gasteiger partial charge in [-0.25, -0.2) is 4.79 Å². The van der Waals surface area contributed by atoms with Crippen LogP contribution in [0.1, 0.15) is 29.3 Å². The Bertz CT molecular complexity index is 1140. The van der Waals surface area contributed by atoms with Gasteiger partial charge >= 0.3 is 12.0 Å². The molecule has 1 aliphatic rings. The number of carbonyl (C=O) groups is 3. The standard InChI is InChI=1S/C26H24N2O4/c1-2-16-3-11-20(12-4-16)27-26(32)28-21-13-9-18(10-14-21)17-5-7-19(8-6-17)24(29)22-15-23(22)25(30)31/h3-14,22-23H,2,15H2,1H3,(H,30,31)(H2,27,28,32)/t22-,23-/m1/s1. The number of hydrogen-bond donors (Lipinski definition) is 3. The van der Waals surface area contributed by atoms with E-state index in [-0.39, 0.29) is 11.8 Å². The molecule has 32 heavy (non-hydrogen) atoms. The van der Waals surface area contributed by atoms with Crippen LogP contribution < -0.4 is 10.6 Å². The molecule has 3 N–H and O–H groups in total. The highest BCUT2D eigenvalue weighted by Gasteiger charge is 2.48. The van der Waals surface area contributed by atoms with Crippen LogP contribution in [0, 0.1) is 11.8 Å². The van der Waals surface area contributed by atoms with Gasteiger partial charge < -0.3 is 15.7 Å². The van der Waals surface area contributed by atoms with Crippen LogP contribution in [0.25, 0.3) is 11.1 Å². The summed E-state index contributed by atoms with van der Waals surface area (Å²) < 4.78 is 0. The number of nitrogens with one attached hydrogen (secondary N) is 2. The Labute approximate surface area is 186 Å². The number of aliphatic carboxylic acids is 1. The Hall–Kier alpha value is -3.93. The Kier molecular flexibility index (Phi) is 6.03. The molecule has 1 aliphatic carbocycles. The second kappa shape index (κ2) is 9.06. The van der Waals surface area contributed by atoms with Gasteiger partial charge in [0.1, 0.15) is 0 Å². The molecule has 3 aromatic rings. The molecule has 0 aliphatic heterocycles. The number of rotatable bonds is 7. The minimum atomic E-state index is -0.906. The van der Waals surface area contributed by atoms with Gasteiger partial charge in [-0.1, -0.05) is 55.5 Å². The number of ketones is 1. The van der Waals surface area contributed by atoms with Crippen LogP contribution in [0.4, 0.5) is 16.2 Å². The molecule has 4 rings (SSSR count). The molecule has 0 bridgehead atoms. The summed E-state index contributed by atoms with van der Waals surface area (Å²) in [6, 6.07) is 22.0. The lowest BCUT2D eigenvalue weighted by Gasteiger charge is -2.09. The van der Waals surface area contributed by atoms with Crippen LogP contribution in [0.5, 0.6) is 0 Å². The maximum atomic E-state index is 12.4. The summed E-state index contributed by atoms with van der Waals surface area (Å²) in [5.41, 5.74) is 5.01. The van der Waals surface area contributed by atoms with Gasteiger partial charge in [0.2, 0.25) is 0 Å². The summed E-state index contributed by atoms with van der Waals surface area (Å²) in [6.45, 7) is 2.08. The van der Waals surface area contributed by atoms with Crippen LogP contribution >= 0.6 is 0 Å². The van der Waals surface area contributed by atoms with Crippen molar-refractivity contribution in [3.63, 3.8) is 0 Å². The summed E-state index contributed by atoms with van der Waals surface area (Å²) in [6.07, 6.45) is 1.37. The van der Waals surface area contributed by atoms with Crippen molar-refractivity contribution in [2.75, 3.05) is 10.6 Å². The lowest BCUT2D eigenvalue weighted by molar-refractivity contribution is -0.138. The highest BCUT2D eigenvalue weighted by Crippen LogP contribution is 2.41. The summed E-state index contributed by atoms with van der Waals surface area (Å²) in [4.78, 5) is 35.6. The van der Waals surface area contributed by atoms with Crippen LogP contribution in [0.2, 0.25) is 0 Å². The zero-order chi connectivity index (χ0) is 22.7. The van der Waals surface area contributed by atoms with Gasteiger partial charge in [-0.05, 0) is 53.8 Å². The van der Waals surface area contributed by atoms with Crippen LogP contribution in [-0.4, -0.2) is 22.9 Å². The first kappa shape index (κ1) is 21.3. The second-order valence-electron chi connectivity index (χ2n) is 7.94.